The van der Waals surface area contributed by atoms with E-state index < -0.39 is 0 Å². The van der Waals surface area contributed by atoms with Gasteiger partial charge in [0.2, 0.25) is 5.91 Å². The molecule has 1 amide bonds. The van der Waals surface area contributed by atoms with E-state index >= 15 is 0 Å². The Kier molecular flexibility index (Phi) is 3.61. The molecule has 0 spiro atoms. The van der Waals surface area contributed by atoms with Crippen molar-refractivity contribution in [2.75, 3.05) is 6.54 Å². The van der Waals surface area contributed by atoms with E-state index in [1.54, 1.807) is 11.3 Å². The molecule has 1 aromatic rings. The lowest BCUT2D eigenvalue weighted by molar-refractivity contribution is -0.125. The fourth-order valence-corrected chi connectivity index (χ4v) is 2.88. The summed E-state index contributed by atoms with van der Waals surface area (Å²) >= 11 is 1.69. The van der Waals surface area contributed by atoms with Crippen molar-refractivity contribution in [1.82, 2.24) is 10.6 Å². The van der Waals surface area contributed by atoms with Crippen LogP contribution in [0.15, 0.2) is 17.5 Å². The number of nitrogens with one attached hydrogen (secondary N) is 2. The van der Waals surface area contributed by atoms with Gasteiger partial charge in [0.15, 0.2) is 0 Å². The Balaban J connectivity index is 1.92. The van der Waals surface area contributed by atoms with Gasteiger partial charge >= 0.3 is 0 Å². The Morgan fingerprint density at radius 2 is 2.50 bits per heavy atom. The summed E-state index contributed by atoms with van der Waals surface area (Å²) in [5.74, 6) is 0.306. The second-order valence-electron chi connectivity index (χ2n) is 4.38. The maximum absolute atomic E-state index is 12.0. The van der Waals surface area contributed by atoms with Crippen LogP contribution in [-0.2, 0) is 4.79 Å². The molecule has 1 aliphatic heterocycles. The van der Waals surface area contributed by atoms with Gasteiger partial charge in [-0.2, -0.15) is 0 Å². The second kappa shape index (κ2) is 4.97. The van der Waals surface area contributed by atoms with Crippen molar-refractivity contribution in [2.45, 2.75) is 32.4 Å². The van der Waals surface area contributed by atoms with Crippen LogP contribution in [0.1, 0.15) is 31.2 Å². The van der Waals surface area contributed by atoms with Crippen LogP contribution in [0.5, 0.6) is 0 Å². The smallest absolute Gasteiger partial charge is 0.225 e. The molecule has 0 saturated carbocycles. The first-order chi connectivity index (χ1) is 7.68. The van der Waals surface area contributed by atoms with E-state index in [-0.39, 0.29) is 17.9 Å². The van der Waals surface area contributed by atoms with Gasteiger partial charge in [-0.3, -0.25) is 4.79 Å². The molecule has 0 aliphatic carbocycles. The molecule has 2 heterocycles. The zero-order valence-electron chi connectivity index (χ0n) is 9.69. The molecule has 1 aliphatic rings. The summed E-state index contributed by atoms with van der Waals surface area (Å²) in [6, 6.07) is 4.50. The summed E-state index contributed by atoms with van der Waals surface area (Å²) in [6.45, 7) is 5.07. The first-order valence-corrected chi connectivity index (χ1v) is 6.63. The third-order valence-corrected chi connectivity index (χ3v) is 4.25. The molecule has 1 saturated heterocycles. The van der Waals surface area contributed by atoms with Crippen molar-refractivity contribution in [3.8, 4) is 0 Å². The molecule has 0 bridgehead atoms. The van der Waals surface area contributed by atoms with Crippen LogP contribution in [0.25, 0.3) is 0 Å². The highest BCUT2D eigenvalue weighted by Crippen LogP contribution is 2.21. The monoisotopic (exact) mass is 238 g/mol. The predicted octanol–water partition coefficient (Wildman–Crippen LogP) is 1.92. The zero-order chi connectivity index (χ0) is 11.5. The molecule has 3 nitrogen and oxygen atoms in total. The first-order valence-electron chi connectivity index (χ1n) is 5.75. The number of carbonyl (C=O) groups excluding carboxylic acids is 1. The zero-order valence-corrected chi connectivity index (χ0v) is 10.5. The molecular weight excluding hydrogens is 220 g/mol. The number of hydrogen-bond acceptors (Lipinski definition) is 3. The topological polar surface area (TPSA) is 41.1 Å². The molecule has 2 N–H and O–H groups in total. The minimum Gasteiger partial charge on any atom is -0.348 e. The molecule has 3 atom stereocenters. The molecule has 0 radical (unpaired) electrons. The molecule has 4 heteroatoms. The van der Waals surface area contributed by atoms with Crippen LogP contribution in [-0.4, -0.2) is 18.5 Å². The Bertz CT molecular complexity index is 350. The molecule has 1 aromatic heterocycles. The summed E-state index contributed by atoms with van der Waals surface area (Å²) in [5.41, 5.74) is 0. The normalized spacial score (nSPS) is 26.6. The van der Waals surface area contributed by atoms with E-state index in [4.69, 9.17) is 0 Å². The van der Waals surface area contributed by atoms with Crippen molar-refractivity contribution in [3.63, 3.8) is 0 Å². The number of hydrogen-bond donors (Lipinski definition) is 2. The maximum Gasteiger partial charge on any atom is 0.225 e. The van der Waals surface area contributed by atoms with Crippen molar-refractivity contribution >= 4 is 17.2 Å². The van der Waals surface area contributed by atoms with E-state index in [0.717, 1.165) is 13.0 Å². The van der Waals surface area contributed by atoms with Crippen LogP contribution >= 0.6 is 11.3 Å². The summed E-state index contributed by atoms with van der Waals surface area (Å²) < 4.78 is 0. The van der Waals surface area contributed by atoms with Crippen LogP contribution in [0.2, 0.25) is 0 Å². The number of thiophene rings is 1. The van der Waals surface area contributed by atoms with Gasteiger partial charge < -0.3 is 10.6 Å². The van der Waals surface area contributed by atoms with E-state index in [1.807, 2.05) is 18.4 Å². The molecular formula is C12H18N2OS. The van der Waals surface area contributed by atoms with E-state index in [2.05, 4.69) is 23.6 Å². The second-order valence-corrected chi connectivity index (χ2v) is 5.36. The van der Waals surface area contributed by atoms with Crippen LogP contribution in [0, 0.1) is 5.92 Å². The van der Waals surface area contributed by atoms with Gasteiger partial charge in [-0.05, 0) is 38.3 Å². The van der Waals surface area contributed by atoms with Crippen LogP contribution < -0.4 is 10.6 Å². The van der Waals surface area contributed by atoms with Gasteiger partial charge in [0, 0.05) is 10.9 Å². The lowest BCUT2D eigenvalue weighted by Crippen LogP contribution is -2.37. The van der Waals surface area contributed by atoms with Crippen molar-refractivity contribution < 1.29 is 4.79 Å². The van der Waals surface area contributed by atoms with Gasteiger partial charge in [0.1, 0.15) is 0 Å². The summed E-state index contributed by atoms with van der Waals surface area (Å²) in [7, 11) is 0. The Morgan fingerprint density at radius 3 is 3.06 bits per heavy atom. The van der Waals surface area contributed by atoms with Gasteiger partial charge in [-0.1, -0.05) is 6.07 Å². The highest BCUT2D eigenvalue weighted by atomic mass is 32.1. The third-order valence-electron chi connectivity index (χ3n) is 3.19. The fraction of sp³-hybridized carbons (Fsp3) is 0.583. The van der Waals surface area contributed by atoms with Gasteiger partial charge in [0.25, 0.3) is 0 Å². The highest BCUT2D eigenvalue weighted by molar-refractivity contribution is 7.10. The largest absolute Gasteiger partial charge is 0.348 e. The summed E-state index contributed by atoms with van der Waals surface area (Å²) in [6.07, 6.45) is 0.949. The lowest BCUT2D eigenvalue weighted by Gasteiger charge is -2.18. The quantitative estimate of drug-likeness (QED) is 0.844. The lowest BCUT2D eigenvalue weighted by atomic mass is 10.0. The number of carbonyl (C=O) groups is 1. The van der Waals surface area contributed by atoms with Crippen molar-refractivity contribution in [3.05, 3.63) is 22.4 Å². The van der Waals surface area contributed by atoms with E-state index in [1.165, 1.54) is 4.88 Å². The Labute approximate surface area is 100 Å². The average Bonchev–Trinajstić information content (AvgIpc) is 2.86. The molecule has 16 heavy (non-hydrogen) atoms. The predicted molar refractivity (Wildman–Crippen MR) is 66.4 cm³/mol. The van der Waals surface area contributed by atoms with Gasteiger partial charge in [-0.15, -0.1) is 11.3 Å². The SMILES string of the molecule is CC1NCCC1C(=O)N[C@@H](C)c1cccs1. The van der Waals surface area contributed by atoms with Gasteiger partial charge in [-0.25, -0.2) is 0 Å². The molecule has 1 fully saturated rings. The number of rotatable bonds is 3. The minimum absolute atomic E-state index is 0.125. The molecule has 0 aromatic carbocycles. The standard InChI is InChI=1S/C12H18N2OS/c1-8-10(5-6-13-8)12(15)14-9(2)11-4-3-7-16-11/h3-4,7-10,13H,5-6H2,1-2H3,(H,14,15)/t8?,9-,10?/m0/s1. The minimum atomic E-state index is 0.125. The Hall–Kier alpha value is -0.870. The van der Waals surface area contributed by atoms with E-state index in [0.29, 0.717) is 6.04 Å². The van der Waals surface area contributed by atoms with Crippen LogP contribution in [0.3, 0.4) is 0 Å². The number of amides is 1. The van der Waals surface area contributed by atoms with Gasteiger partial charge in [0.05, 0.1) is 12.0 Å². The van der Waals surface area contributed by atoms with Crippen molar-refractivity contribution in [2.24, 2.45) is 5.92 Å². The molecule has 2 unspecified atom stereocenters. The summed E-state index contributed by atoms with van der Waals surface area (Å²) in [5, 5.41) is 8.43. The highest BCUT2D eigenvalue weighted by Gasteiger charge is 2.30. The maximum atomic E-state index is 12.0. The van der Waals surface area contributed by atoms with Crippen molar-refractivity contribution in [1.29, 1.82) is 0 Å². The molecule has 88 valence electrons. The third kappa shape index (κ3) is 2.44. The van der Waals surface area contributed by atoms with E-state index in [9.17, 15) is 4.79 Å². The molecule has 2 rings (SSSR count). The van der Waals surface area contributed by atoms with Crippen LogP contribution in [0.4, 0.5) is 0 Å². The first kappa shape index (κ1) is 11.6. The summed E-state index contributed by atoms with van der Waals surface area (Å²) in [4.78, 5) is 13.2. The fourth-order valence-electron chi connectivity index (χ4n) is 2.15. The average molecular weight is 238 g/mol. The Morgan fingerprint density at radius 1 is 1.69 bits per heavy atom.